The Balaban J connectivity index is 1.88. The molecule has 3 rings (SSSR count). The Morgan fingerprint density at radius 3 is 2.65 bits per heavy atom. The van der Waals surface area contributed by atoms with Crippen molar-refractivity contribution < 1.29 is 19.1 Å². The van der Waals surface area contributed by atoms with E-state index in [-0.39, 0.29) is 18.2 Å². The van der Waals surface area contributed by atoms with Gasteiger partial charge in [-0.3, -0.25) is 4.79 Å². The predicted octanol–water partition coefficient (Wildman–Crippen LogP) is 3.97. The summed E-state index contributed by atoms with van der Waals surface area (Å²) in [4.78, 5) is 14.8. The summed E-state index contributed by atoms with van der Waals surface area (Å²) >= 11 is 0. The number of ether oxygens (including phenoxy) is 1. The largest absolute Gasteiger partial charge is 0.508 e. The second-order valence-electron chi connectivity index (χ2n) is 6.00. The third-order valence-corrected chi connectivity index (χ3v) is 4.05. The van der Waals surface area contributed by atoms with Gasteiger partial charge in [0.25, 0.3) is 5.91 Å². The summed E-state index contributed by atoms with van der Waals surface area (Å²) in [6.45, 7) is 1.04. The fraction of sp³-hybridized carbons (Fsp3) is 0.190. The second kappa shape index (κ2) is 8.36. The Morgan fingerprint density at radius 1 is 1.08 bits per heavy atom. The molecule has 134 valence electrons. The lowest BCUT2D eigenvalue weighted by atomic mass is 10.1. The molecule has 0 fully saturated rings. The Labute approximate surface area is 152 Å². The van der Waals surface area contributed by atoms with Crippen LogP contribution in [0.2, 0.25) is 0 Å². The van der Waals surface area contributed by atoms with E-state index in [9.17, 15) is 9.90 Å². The van der Waals surface area contributed by atoms with Gasteiger partial charge in [-0.15, -0.1) is 0 Å². The molecule has 0 aliphatic carbocycles. The molecule has 0 aliphatic rings. The molecule has 0 spiro atoms. The summed E-state index contributed by atoms with van der Waals surface area (Å²) in [7, 11) is 1.62. The van der Waals surface area contributed by atoms with Crippen LogP contribution in [0.15, 0.2) is 71.3 Å². The summed E-state index contributed by atoms with van der Waals surface area (Å²) < 4.78 is 10.6. The molecule has 1 heterocycles. The smallest absolute Gasteiger partial charge is 0.254 e. The minimum Gasteiger partial charge on any atom is -0.508 e. The van der Waals surface area contributed by atoms with E-state index in [0.717, 1.165) is 5.56 Å². The van der Waals surface area contributed by atoms with Crippen LogP contribution < -0.4 is 0 Å². The molecule has 0 radical (unpaired) electrons. The number of phenols is 1. The lowest BCUT2D eigenvalue weighted by Gasteiger charge is -2.22. The number of hydrogen-bond acceptors (Lipinski definition) is 4. The molecular formula is C21H21NO4. The maximum absolute atomic E-state index is 13.1. The first-order valence-corrected chi connectivity index (χ1v) is 8.34. The molecule has 0 saturated heterocycles. The van der Waals surface area contributed by atoms with E-state index in [0.29, 0.717) is 30.0 Å². The van der Waals surface area contributed by atoms with Gasteiger partial charge >= 0.3 is 0 Å². The lowest BCUT2D eigenvalue weighted by molar-refractivity contribution is 0.0716. The number of phenolic OH excluding ortho intramolecular Hbond substituents is 1. The van der Waals surface area contributed by atoms with E-state index in [1.807, 2.05) is 30.3 Å². The van der Waals surface area contributed by atoms with Crippen LogP contribution >= 0.6 is 0 Å². The number of amides is 1. The highest BCUT2D eigenvalue weighted by atomic mass is 16.5. The minimum atomic E-state index is -0.136. The molecular weight excluding hydrogens is 330 g/mol. The number of para-hydroxylation sites is 1. The van der Waals surface area contributed by atoms with Gasteiger partial charge in [-0.2, -0.15) is 0 Å². The van der Waals surface area contributed by atoms with E-state index >= 15 is 0 Å². The van der Waals surface area contributed by atoms with Gasteiger partial charge in [0.15, 0.2) is 0 Å². The highest BCUT2D eigenvalue weighted by Crippen LogP contribution is 2.21. The lowest BCUT2D eigenvalue weighted by Crippen LogP contribution is -2.30. The zero-order chi connectivity index (χ0) is 18.4. The van der Waals surface area contributed by atoms with Crippen LogP contribution in [0.3, 0.4) is 0 Å². The van der Waals surface area contributed by atoms with Crippen LogP contribution in [0.4, 0.5) is 0 Å². The normalized spacial score (nSPS) is 10.7. The third kappa shape index (κ3) is 4.32. The number of furan rings is 1. The predicted molar refractivity (Wildman–Crippen MR) is 97.5 cm³/mol. The molecule has 0 aliphatic heterocycles. The first-order chi connectivity index (χ1) is 12.7. The topological polar surface area (TPSA) is 62.9 Å². The number of methoxy groups -OCH3 is 1. The molecule has 1 aromatic heterocycles. The van der Waals surface area contributed by atoms with E-state index in [1.54, 1.807) is 48.6 Å². The molecule has 26 heavy (non-hydrogen) atoms. The van der Waals surface area contributed by atoms with Crippen molar-refractivity contribution in [3.05, 3.63) is 89.4 Å². The van der Waals surface area contributed by atoms with Crippen LogP contribution in [0, 0.1) is 0 Å². The fourth-order valence-electron chi connectivity index (χ4n) is 2.78. The summed E-state index contributed by atoms with van der Waals surface area (Å²) in [6, 6.07) is 18.0. The van der Waals surface area contributed by atoms with Crippen molar-refractivity contribution >= 4 is 5.91 Å². The number of carbonyl (C=O) groups is 1. The molecule has 0 saturated carbocycles. The molecule has 0 unspecified atom stereocenters. The molecule has 0 bridgehead atoms. The fourth-order valence-corrected chi connectivity index (χ4v) is 2.78. The molecule has 1 N–H and O–H groups in total. The van der Waals surface area contributed by atoms with Gasteiger partial charge in [-0.1, -0.05) is 30.3 Å². The average Bonchev–Trinajstić information content (AvgIpc) is 3.16. The number of hydrogen-bond donors (Lipinski definition) is 1. The number of benzene rings is 2. The van der Waals surface area contributed by atoms with Gasteiger partial charge in [0.1, 0.15) is 11.5 Å². The van der Waals surface area contributed by atoms with Gasteiger partial charge in [0, 0.05) is 18.2 Å². The minimum absolute atomic E-state index is 0.136. The summed E-state index contributed by atoms with van der Waals surface area (Å²) in [5.74, 6) is 0.710. The second-order valence-corrected chi connectivity index (χ2v) is 6.00. The van der Waals surface area contributed by atoms with Crippen LogP contribution in [-0.4, -0.2) is 23.0 Å². The van der Waals surface area contributed by atoms with Crippen molar-refractivity contribution in [1.29, 1.82) is 0 Å². The van der Waals surface area contributed by atoms with Crippen LogP contribution in [0.1, 0.15) is 27.2 Å². The van der Waals surface area contributed by atoms with Gasteiger partial charge in [-0.05, 0) is 35.9 Å². The summed E-state index contributed by atoms with van der Waals surface area (Å²) in [5.41, 5.74) is 2.18. The molecule has 5 nitrogen and oxygen atoms in total. The van der Waals surface area contributed by atoms with E-state index in [4.69, 9.17) is 9.15 Å². The first kappa shape index (κ1) is 17.8. The van der Waals surface area contributed by atoms with E-state index < -0.39 is 0 Å². The van der Waals surface area contributed by atoms with Crippen molar-refractivity contribution in [1.82, 2.24) is 4.90 Å². The molecule has 2 aromatic carbocycles. The molecule has 1 amide bonds. The summed E-state index contributed by atoms with van der Waals surface area (Å²) in [6.07, 6.45) is 1.58. The summed E-state index contributed by atoms with van der Waals surface area (Å²) in [5, 5.41) is 10.1. The highest BCUT2D eigenvalue weighted by molar-refractivity contribution is 5.94. The molecule has 5 heteroatoms. The number of aromatic hydroxyl groups is 1. The number of rotatable bonds is 7. The third-order valence-electron chi connectivity index (χ3n) is 4.05. The molecule has 0 atom stereocenters. The zero-order valence-electron chi connectivity index (χ0n) is 14.6. The van der Waals surface area contributed by atoms with Crippen molar-refractivity contribution in [3.8, 4) is 5.75 Å². The van der Waals surface area contributed by atoms with Gasteiger partial charge in [-0.25, -0.2) is 0 Å². The quantitative estimate of drug-likeness (QED) is 0.699. The van der Waals surface area contributed by atoms with E-state index in [2.05, 4.69) is 0 Å². The number of nitrogens with zero attached hydrogens (tertiary/aromatic N) is 1. The highest BCUT2D eigenvalue weighted by Gasteiger charge is 2.19. The maximum atomic E-state index is 13.1. The first-order valence-electron chi connectivity index (χ1n) is 8.34. The Bertz CT molecular complexity index is 858. The molecule has 3 aromatic rings. The van der Waals surface area contributed by atoms with Crippen molar-refractivity contribution in [2.75, 3.05) is 7.11 Å². The van der Waals surface area contributed by atoms with Crippen LogP contribution in [0.25, 0.3) is 0 Å². The SMILES string of the molecule is COCc1cccc(C(=O)N(Cc2ccco2)Cc2ccccc2O)c1. The Morgan fingerprint density at radius 2 is 1.92 bits per heavy atom. The average molecular weight is 351 g/mol. The van der Waals surface area contributed by atoms with Crippen LogP contribution in [-0.2, 0) is 24.4 Å². The monoisotopic (exact) mass is 351 g/mol. The van der Waals surface area contributed by atoms with E-state index in [1.165, 1.54) is 0 Å². The van der Waals surface area contributed by atoms with Crippen molar-refractivity contribution in [3.63, 3.8) is 0 Å². The Hall–Kier alpha value is -3.05. The number of carbonyl (C=O) groups excluding carboxylic acids is 1. The van der Waals surface area contributed by atoms with Crippen LogP contribution in [0.5, 0.6) is 5.75 Å². The standard InChI is InChI=1S/C21H21NO4/c1-25-15-16-6-4-8-17(12-16)21(24)22(14-19-9-5-11-26-19)13-18-7-2-3-10-20(18)23/h2-12,23H,13-15H2,1H3. The van der Waals surface area contributed by atoms with Crippen molar-refractivity contribution in [2.45, 2.75) is 19.7 Å². The van der Waals surface area contributed by atoms with Crippen molar-refractivity contribution in [2.24, 2.45) is 0 Å². The van der Waals surface area contributed by atoms with Gasteiger partial charge < -0.3 is 19.2 Å². The van der Waals surface area contributed by atoms with Gasteiger partial charge in [0.05, 0.1) is 26.0 Å². The zero-order valence-corrected chi connectivity index (χ0v) is 14.6. The maximum Gasteiger partial charge on any atom is 0.254 e. The Kier molecular flexibility index (Phi) is 5.71. The van der Waals surface area contributed by atoms with Gasteiger partial charge in [0.2, 0.25) is 0 Å².